The topological polar surface area (TPSA) is 67.4 Å². The third-order valence-electron chi connectivity index (χ3n) is 3.43. The number of carbonyl (C=O) groups excluding carboxylic acids is 2. The first-order chi connectivity index (χ1) is 11.0. The highest BCUT2D eigenvalue weighted by Crippen LogP contribution is 2.25. The number of aryl methyl sites for hydroxylation is 1. The number of hydrogen-bond acceptors (Lipinski definition) is 4. The van der Waals surface area contributed by atoms with Crippen molar-refractivity contribution >= 4 is 23.3 Å². The van der Waals surface area contributed by atoms with Crippen LogP contribution in [0.2, 0.25) is 0 Å². The molecule has 120 valence electrons. The molecular weight excluding hydrogens is 292 g/mol. The van der Waals surface area contributed by atoms with Gasteiger partial charge in [-0.3, -0.25) is 4.79 Å². The summed E-state index contributed by atoms with van der Waals surface area (Å²) in [5.74, 6) is -0.519. The first-order valence-electron chi connectivity index (χ1n) is 7.29. The number of anilines is 2. The van der Waals surface area contributed by atoms with Crippen LogP contribution in [0.3, 0.4) is 0 Å². The summed E-state index contributed by atoms with van der Waals surface area (Å²) in [6.07, 6.45) is 0. The highest BCUT2D eigenvalue weighted by Gasteiger charge is 2.22. The number of ether oxygens (including phenoxy) is 1. The van der Waals surface area contributed by atoms with E-state index in [0.717, 1.165) is 16.8 Å². The van der Waals surface area contributed by atoms with Crippen LogP contribution in [-0.4, -0.2) is 19.0 Å². The average molecular weight is 312 g/mol. The van der Waals surface area contributed by atoms with E-state index in [-0.39, 0.29) is 11.9 Å². The Hall–Kier alpha value is -2.82. The van der Waals surface area contributed by atoms with Gasteiger partial charge in [0.1, 0.15) is 0 Å². The smallest absolute Gasteiger partial charge is 0.332 e. The Morgan fingerprint density at radius 1 is 1.04 bits per heavy atom. The molecule has 0 saturated carbocycles. The fourth-order valence-electron chi connectivity index (χ4n) is 2.35. The van der Waals surface area contributed by atoms with E-state index < -0.39 is 6.04 Å². The number of nitrogens with one attached hydrogen (secondary N) is 2. The van der Waals surface area contributed by atoms with E-state index in [2.05, 4.69) is 10.6 Å². The van der Waals surface area contributed by atoms with Gasteiger partial charge in [0.2, 0.25) is 5.91 Å². The fraction of sp³-hybridized carbons (Fsp3) is 0.222. The summed E-state index contributed by atoms with van der Waals surface area (Å²) < 4.78 is 4.92. The van der Waals surface area contributed by atoms with Crippen molar-refractivity contribution in [1.29, 1.82) is 0 Å². The number of carbonyl (C=O) groups is 2. The van der Waals surface area contributed by atoms with Crippen molar-refractivity contribution in [2.75, 3.05) is 17.7 Å². The summed E-state index contributed by atoms with van der Waals surface area (Å²) in [5, 5.41) is 5.89. The minimum Gasteiger partial charge on any atom is -0.467 e. The van der Waals surface area contributed by atoms with Crippen molar-refractivity contribution in [2.24, 2.45) is 0 Å². The monoisotopic (exact) mass is 312 g/mol. The zero-order valence-electron chi connectivity index (χ0n) is 13.4. The molecule has 2 aromatic carbocycles. The van der Waals surface area contributed by atoms with Gasteiger partial charge in [-0.2, -0.15) is 0 Å². The molecule has 1 amide bonds. The first kappa shape index (κ1) is 16.5. The lowest BCUT2D eigenvalue weighted by Crippen LogP contribution is -2.23. The molecule has 0 heterocycles. The Bertz CT molecular complexity index is 713. The second-order valence-electron chi connectivity index (χ2n) is 5.22. The standard InChI is InChI=1S/C18H20N2O3/c1-12-7-4-5-10-16(12)17(18(22)23-3)20-15-9-6-8-14(11-15)19-13(2)21/h4-11,17,20H,1-3H3,(H,19,21). The quantitative estimate of drug-likeness (QED) is 0.831. The Balaban J connectivity index is 2.30. The second-order valence-corrected chi connectivity index (χ2v) is 5.22. The van der Waals surface area contributed by atoms with Crippen LogP contribution in [0.1, 0.15) is 24.1 Å². The van der Waals surface area contributed by atoms with E-state index in [1.165, 1.54) is 14.0 Å². The highest BCUT2D eigenvalue weighted by molar-refractivity contribution is 5.89. The van der Waals surface area contributed by atoms with Crippen LogP contribution in [0.4, 0.5) is 11.4 Å². The molecule has 0 aliphatic heterocycles. The Labute approximate surface area is 135 Å². The van der Waals surface area contributed by atoms with E-state index >= 15 is 0 Å². The summed E-state index contributed by atoms with van der Waals surface area (Å²) in [6, 6.07) is 14.2. The molecular formula is C18H20N2O3. The summed E-state index contributed by atoms with van der Waals surface area (Å²) >= 11 is 0. The van der Waals surface area contributed by atoms with Gasteiger partial charge in [0, 0.05) is 18.3 Å². The molecule has 0 aliphatic carbocycles. The van der Waals surface area contributed by atoms with Crippen LogP contribution in [0.25, 0.3) is 0 Å². The van der Waals surface area contributed by atoms with Gasteiger partial charge in [-0.1, -0.05) is 30.3 Å². The third-order valence-corrected chi connectivity index (χ3v) is 3.43. The first-order valence-corrected chi connectivity index (χ1v) is 7.29. The van der Waals surface area contributed by atoms with Gasteiger partial charge in [0.05, 0.1) is 7.11 Å². The molecule has 2 aromatic rings. The van der Waals surface area contributed by atoms with Crippen LogP contribution in [0.15, 0.2) is 48.5 Å². The molecule has 1 atom stereocenters. The molecule has 23 heavy (non-hydrogen) atoms. The lowest BCUT2D eigenvalue weighted by Gasteiger charge is -2.20. The van der Waals surface area contributed by atoms with E-state index in [4.69, 9.17) is 4.74 Å². The van der Waals surface area contributed by atoms with E-state index in [1.807, 2.05) is 37.3 Å². The maximum absolute atomic E-state index is 12.2. The molecule has 0 bridgehead atoms. The maximum atomic E-state index is 12.2. The zero-order chi connectivity index (χ0) is 16.8. The second kappa shape index (κ2) is 7.45. The molecule has 0 aromatic heterocycles. The van der Waals surface area contributed by atoms with Crippen LogP contribution >= 0.6 is 0 Å². The van der Waals surface area contributed by atoms with Crippen molar-refractivity contribution in [3.8, 4) is 0 Å². The molecule has 0 saturated heterocycles. The van der Waals surface area contributed by atoms with Gasteiger partial charge in [-0.15, -0.1) is 0 Å². The zero-order valence-corrected chi connectivity index (χ0v) is 13.4. The van der Waals surface area contributed by atoms with Crippen LogP contribution < -0.4 is 10.6 Å². The Morgan fingerprint density at radius 3 is 2.39 bits per heavy atom. The van der Waals surface area contributed by atoms with Crippen LogP contribution in [0.5, 0.6) is 0 Å². The summed E-state index contributed by atoms with van der Waals surface area (Å²) in [7, 11) is 1.36. The predicted octanol–water partition coefficient (Wildman–Crippen LogP) is 3.28. The molecule has 0 spiro atoms. The largest absolute Gasteiger partial charge is 0.467 e. The average Bonchev–Trinajstić information content (AvgIpc) is 2.52. The SMILES string of the molecule is COC(=O)C(Nc1cccc(NC(C)=O)c1)c1ccccc1C. The number of benzene rings is 2. The molecule has 2 N–H and O–H groups in total. The maximum Gasteiger partial charge on any atom is 0.332 e. The van der Waals surface area contributed by atoms with Crippen molar-refractivity contribution in [3.63, 3.8) is 0 Å². The van der Waals surface area contributed by atoms with Gasteiger partial charge < -0.3 is 15.4 Å². The molecule has 0 radical (unpaired) electrons. The summed E-state index contributed by atoms with van der Waals surface area (Å²) in [6.45, 7) is 3.39. The fourth-order valence-corrected chi connectivity index (χ4v) is 2.35. The van der Waals surface area contributed by atoms with Crippen molar-refractivity contribution < 1.29 is 14.3 Å². The van der Waals surface area contributed by atoms with Gasteiger partial charge in [0.15, 0.2) is 6.04 Å². The molecule has 5 heteroatoms. The normalized spacial score (nSPS) is 11.4. The predicted molar refractivity (Wildman–Crippen MR) is 90.3 cm³/mol. The molecule has 2 rings (SSSR count). The molecule has 0 aliphatic rings. The number of esters is 1. The highest BCUT2D eigenvalue weighted by atomic mass is 16.5. The van der Waals surface area contributed by atoms with E-state index in [9.17, 15) is 9.59 Å². The lowest BCUT2D eigenvalue weighted by molar-refractivity contribution is -0.141. The van der Waals surface area contributed by atoms with Gasteiger partial charge in [-0.05, 0) is 36.2 Å². The number of amides is 1. The molecule has 1 unspecified atom stereocenters. The van der Waals surface area contributed by atoms with Gasteiger partial charge in [0.25, 0.3) is 0 Å². The van der Waals surface area contributed by atoms with E-state index in [0.29, 0.717) is 5.69 Å². The van der Waals surface area contributed by atoms with Gasteiger partial charge in [-0.25, -0.2) is 4.79 Å². The minimum absolute atomic E-state index is 0.148. The van der Waals surface area contributed by atoms with E-state index in [1.54, 1.807) is 18.2 Å². The van der Waals surface area contributed by atoms with Gasteiger partial charge >= 0.3 is 5.97 Å². The summed E-state index contributed by atoms with van der Waals surface area (Å²) in [4.78, 5) is 23.3. The van der Waals surface area contributed by atoms with Crippen LogP contribution in [-0.2, 0) is 14.3 Å². The summed E-state index contributed by atoms with van der Waals surface area (Å²) in [5.41, 5.74) is 3.23. The number of methoxy groups -OCH3 is 1. The lowest BCUT2D eigenvalue weighted by atomic mass is 10.0. The molecule has 0 fully saturated rings. The minimum atomic E-state index is -0.617. The van der Waals surface area contributed by atoms with Crippen molar-refractivity contribution in [2.45, 2.75) is 19.9 Å². The molecule has 5 nitrogen and oxygen atoms in total. The Kier molecular flexibility index (Phi) is 5.36. The number of rotatable bonds is 5. The number of hydrogen-bond donors (Lipinski definition) is 2. The van der Waals surface area contributed by atoms with Crippen molar-refractivity contribution in [1.82, 2.24) is 0 Å². The Morgan fingerprint density at radius 2 is 1.74 bits per heavy atom. The third kappa shape index (κ3) is 4.32. The van der Waals surface area contributed by atoms with Crippen LogP contribution in [0, 0.1) is 6.92 Å². The van der Waals surface area contributed by atoms with Crippen molar-refractivity contribution in [3.05, 3.63) is 59.7 Å².